The summed E-state index contributed by atoms with van der Waals surface area (Å²) in [4.78, 5) is 13.4. The highest BCUT2D eigenvalue weighted by molar-refractivity contribution is 5.39. The summed E-state index contributed by atoms with van der Waals surface area (Å²) in [5, 5.41) is 9.67. The molecule has 0 saturated heterocycles. The first-order valence-corrected chi connectivity index (χ1v) is 8.32. The van der Waals surface area contributed by atoms with E-state index in [0.29, 0.717) is 6.54 Å². The first-order valence-electron chi connectivity index (χ1n) is 8.32. The Kier molecular flexibility index (Phi) is 5.77. The summed E-state index contributed by atoms with van der Waals surface area (Å²) in [6.45, 7) is 1.43. The topological polar surface area (TPSA) is 74.8 Å². The predicted molar refractivity (Wildman–Crippen MR) is 102 cm³/mol. The van der Waals surface area contributed by atoms with Gasteiger partial charge in [-0.25, -0.2) is 15.0 Å². The predicted octanol–water partition coefficient (Wildman–Crippen LogP) is 3.18. The fourth-order valence-corrected chi connectivity index (χ4v) is 2.40. The number of rotatable bonds is 8. The molecule has 0 aliphatic rings. The van der Waals surface area contributed by atoms with E-state index < -0.39 is 0 Å². The van der Waals surface area contributed by atoms with Crippen LogP contribution in [0.15, 0.2) is 60.8 Å². The Labute approximate surface area is 147 Å². The van der Waals surface area contributed by atoms with E-state index in [-0.39, 0.29) is 0 Å². The van der Waals surface area contributed by atoms with Crippen molar-refractivity contribution in [1.29, 1.82) is 0 Å². The lowest BCUT2D eigenvalue weighted by atomic mass is 10.2. The van der Waals surface area contributed by atoms with Gasteiger partial charge in [-0.05, 0) is 36.4 Å². The van der Waals surface area contributed by atoms with Crippen LogP contribution >= 0.6 is 0 Å². The second-order valence-corrected chi connectivity index (χ2v) is 5.52. The van der Waals surface area contributed by atoms with Crippen molar-refractivity contribution < 1.29 is 0 Å². The minimum Gasteiger partial charge on any atom is -0.373 e. The van der Waals surface area contributed by atoms with Crippen LogP contribution in [0.25, 0.3) is 0 Å². The summed E-state index contributed by atoms with van der Waals surface area (Å²) in [6.07, 6.45) is 2.61. The molecule has 0 spiro atoms. The number of hydrogen-bond acceptors (Lipinski definition) is 6. The molecule has 0 aliphatic carbocycles. The van der Waals surface area contributed by atoms with Crippen molar-refractivity contribution in [1.82, 2.24) is 15.0 Å². The Morgan fingerprint density at radius 3 is 2.32 bits per heavy atom. The minimum absolute atomic E-state index is 0.637. The molecular formula is C19H22N6. The van der Waals surface area contributed by atoms with E-state index >= 15 is 0 Å². The Morgan fingerprint density at radius 1 is 0.760 bits per heavy atom. The van der Waals surface area contributed by atoms with Gasteiger partial charge in [-0.15, -0.1) is 0 Å². The van der Waals surface area contributed by atoms with Gasteiger partial charge < -0.3 is 16.0 Å². The quantitative estimate of drug-likeness (QED) is 0.587. The number of nitrogens with zero attached hydrogens (tertiary/aromatic N) is 3. The van der Waals surface area contributed by atoms with Crippen molar-refractivity contribution in [3.63, 3.8) is 0 Å². The molecule has 0 saturated carbocycles. The van der Waals surface area contributed by atoms with Gasteiger partial charge in [0, 0.05) is 31.9 Å². The van der Waals surface area contributed by atoms with E-state index in [2.05, 4.69) is 30.9 Å². The van der Waals surface area contributed by atoms with Crippen LogP contribution in [0.2, 0.25) is 0 Å². The second-order valence-electron chi connectivity index (χ2n) is 5.52. The molecule has 3 aromatic rings. The zero-order chi connectivity index (χ0) is 17.3. The Bertz CT molecular complexity index is 791. The third kappa shape index (κ3) is 5.17. The van der Waals surface area contributed by atoms with Gasteiger partial charge in [-0.3, -0.25) is 0 Å². The number of pyridine rings is 3. The van der Waals surface area contributed by atoms with Gasteiger partial charge >= 0.3 is 0 Å². The monoisotopic (exact) mass is 334 g/mol. The Morgan fingerprint density at radius 2 is 1.52 bits per heavy atom. The first kappa shape index (κ1) is 16.7. The molecule has 0 unspecified atom stereocenters. The molecule has 0 aromatic carbocycles. The number of hydrogen-bond donors (Lipinski definition) is 3. The zero-order valence-corrected chi connectivity index (χ0v) is 14.2. The second kappa shape index (κ2) is 8.63. The van der Waals surface area contributed by atoms with E-state index in [0.717, 1.165) is 41.8 Å². The van der Waals surface area contributed by atoms with Crippen molar-refractivity contribution in [2.24, 2.45) is 0 Å². The average molecular weight is 334 g/mol. The van der Waals surface area contributed by atoms with Gasteiger partial charge in [-0.1, -0.05) is 18.2 Å². The lowest BCUT2D eigenvalue weighted by molar-refractivity contribution is 0.945. The molecular weight excluding hydrogens is 312 g/mol. The van der Waals surface area contributed by atoms with Crippen molar-refractivity contribution >= 4 is 17.5 Å². The molecule has 3 aromatic heterocycles. The molecule has 6 heteroatoms. The molecule has 0 amide bonds. The maximum Gasteiger partial charge on any atom is 0.126 e. The third-order valence-corrected chi connectivity index (χ3v) is 3.67. The van der Waals surface area contributed by atoms with Crippen LogP contribution in [0, 0.1) is 0 Å². The molecule has 0 bridgehead atoms. The van der Waals surface area contributed by atoms with Crippen LogP contribution in [-0.4, -0.2) is 28.5 Å². The third-order valence-electron chi connectivity index (χ3n) is 3.67. The number of aromatic nitrogens is 3. The van der Waals surface area contributed by atoms with Gasteiger partial charge in [0.1, 0.15) is 17.5 Å². The molecule has 0 aliphatic heterocycles. The standard InChI is InChI=1S/C19H22N6/c1-20-17-9-5-7-16(25-17)14-23-19-10-4-6-15(24-19)11-13-22-18-8-2-3-12-21-18/h2-10,12H,11,13-14H2,1H3,(H,20,25)(H,21,22)(H,23,24). The van der Waals surface area contributed by atoms with E-state index in [1.54, 1.807) is 6.20 Å². The Balaban J connectivity index is 1.52. The lowest BCUT2D eigenvalue weighted by Gasteiger charge is -2.09. The van der Waals surface area contributed by atoms with Crippen molar-refractivity contribution in [3.8, 4) is 0 Å². The van der Waals surface area contributed by atoms with E-state index in [4.69, 9.17) is 0 Å². The van der Waals surface area contributed by atoms with E-state index in [9.17, 15) is 0 Å². The van der Waals surface area contributed by atoms with Gasteiger partial charge in [0.05, 0.1) is 12.2 Å². The van der Waals surface area contributed by atoms with Crippen molar-refractivity contribution in [3.05, 3.63) is 72.2 Å². The highest BCUT2D eigenvalue weighted by Crippen LogP contribution is 2.09. The minimum atomic E-state index is 0.637. The van der Waals surface area contributed by atoms with Crippen LogP contribution in [0.3, 0.4) is 0 Å². The van der Waals surface area contributed by atoms with Crippen LogP contribution in [0.5, 0.6) is 0 Å². The lowest BCUT2D eigenvalue weighted by Crippen LogP contribution is -2.09. The zero-order valence-electron chi connectivity index (χ0n) is 14.2. The van der Waals surface area contributed by atoms with Gasteiger partial charge in [0.2, 0.25) is 0 Å². The Hall–Kier alpha value is -3.15. The molecule has 3 N–H and O–H groups in total. The molecule has 3 rings (SSSR count). The molecule has 0 fully saturated rings. The van der Waals surface area contributed by atoms with Crippen molar-refractivity contribution in [2.45, 2.75) is 13.0 Å². The summed E-state index contributed by atoms with van der Waals surface area (Å²) < 4.78 is 0. The molecule has 128 valence electrons. The molecule has 0 atom stereocenters. The first-order chi connectivity index (χ1) is 12.3. The van der Waals surface area contributed by atoms with Crippen molar-refractivity contribution in [2.75, 3.05) is 29.5 Å². The van der Waals surface area contributed by atoms with Crippen LogP contribution in [0.4, 0.5) is 17.5 Å². The summed E-state index contributed by atoms with van der Waals surface area (Å²) in [5.41, 5.74) is 2.00. The van der Waals surface area contributed by atoms with Gasteiger partial charge in [0.25, 0.3) is 0 Å². The smallest absolute Gasteiger partial charge is 0.126 e. The average Bonchev–Trinajstić information content (AvgIpc) is 2.68. The SMILES string of the molecule is CNc1cccc(CNc2cccc(CCNc3ccccn3)n2)n1. The maximum atomic E-state index is 4.65. The van der Waals surface area contributed by atoms with E-state index in [1.807, 2.05) is 61.6 Å². The van der Waals surface area contributed by atoms with Crippen LogP contribution < -0.4 is 16.0 Å². The summed E-state index contributed by atoms with van der Waals surface area (Å²) in [6, 6.07) is 17.8. The van der Waals surface area contributed by atoms with E-state index in [1.165, 1.54) is 0 Å². The number of anilines is 3. The highest BCUT2D eigenvalue weighted by Gasteiger charge is 2.01. The van der Waals surface area contributed by atoms with Gasteiger partial charge in [-0.2, -0.15) is 0 Å². The number of nitrogens with one attached hydrogen (secondary N) is 3. The van der Waals surface area contributed by atoms with Gasteiger partial charge in [0.15, 0.2) is 0 Å². The molecule has 3 heterocycles. The summed E-state index contributed by atoms with van der Waals surface area (Å²) in [7, 11) is 1.86. The van der Waals surface area contributed by atoms with Crippen LogP contribution in [0.1, 0.15) is 11.4 Å². The normalized spacial score (nSPS) is 10.3. The largest absolute Gasteiger partial charge is 0.373 e. The highest BCUT2D eigenvalue weighted by atomic mass is 15.0. The summed E-state index contributed by atoms with van der Waals surface area (Å²) in [5.74, 6) is 2.60. The van der Waals surface area contributed by atoms with Crippen LogP contribution in [-0.2, 0) is 13.0 Å². The molecule has 25 heavy (non-hydrogen) atoms. The fraction of sp³-hybridized carbons (Fsp3) is 0.211. The fourth-order valence-electron chi connectivity index (χ4n) is 2.40. The molecule has 6 nitrogen and oxygen atoms in total. The molecule has 0 radical (unpaired) electrons. The maximum absolute atomic E-state index is 4.65. The summed E-state index contributed by atoms with van der Waals surface area (Å²) >= 11 is 0.